The van der Waals surface area contributed by atoms with Crippen molar-refractivity contribution < 1.29 is 13.7 Å². The van der Waals surface area contributed by atoms with Gasteiger partial charge in [-0.15, -0.1) is 0 Å². The molecule has 0 saturated carbocycles. The lowest BCUT2D eigenvalue weighted by atomic mass is 10.1. The van der Waals surface area contributed by atoms with E-state index in [-0.39, 0.29) is 18.3 Å². The average molecular weight is 358 g/mol. The molecule has 1 unspecified atom stereocenters. The van der Waals surface area contributed by atoms with Gasteiger partial charge >= 0.3 is 0 Å². The molecule has 1 aromatic heterocycles. The summed E-state index contributed by atoms with van der Waals surface area (Å²) in [5, 5.41) is 3.88. The standard InChI is InChI=1S/C14H17BrFN3O2/c1-3-6-20-8-14(2,17)13-18-12(21-19-13)10-7-9(16)4-5-11(10)15/h4-5,7H,3,6,8,17H2,1-2H3. The number of nitrogens with zero attached hydrogens (tertiary/aromatic N) is 2. The summed E-state index contributed by atoms with van der Waals surface area (Å²) in [5.41, 5.74) is 5.76. The Kier molecular flexibility index (Phi) is 5.08. The Morgan fingerprint density at radius 3 is 2.95 bits per heavy atom. The number of aromatic nitrogens is 2. The van der Waals surface area contributed by atoms with Crippen LogP contribution >= 0.6 is 15.9 Å². The zero-order valence-corrected chi connectivity index (χ0v) is 13.5. The van der Waals surface area contributed by atoms with Crippen LogP contribution in [0.5, 0.6) is 0 Å². The van der Waals surface area contributed by atoms with Crippen molar-refractivity contribution in [3.8, 4) is 11.5 Å². The third-order valence-corrected chi connectivity index (χ3v) is 3.54. The summed E-state index contributed by atoms with van der Waals surface area (Å²) in [7, 11) is 0. The fourth-order valence-corrected chi connectivity index (χ4v) is 2.14. The van der Waals surface area contributed by atoms with E-state index in [2.05, 4.69) is 26.1 Å². The Bertz CT molecular complexity index is 616. The number of nitrogens with two attached hydrogens (primary N) is 1. The molecule has 0 aliphatic carbocycles. The average Bonchev–Trinajstić information content (AvgIpc) is 2.92. The van der Waals surface area contributed by atoms with Crippen molar-refractivity contribution in [1.82, 2.24) is 10.1 Å². The number of halogens is 2. The van der Waals surface area contributed by atoms with Crippen LogP contribution in [0.4, 0.5) is 4.39 Å². The summed E-state index contributed by atoms with van der Waals surface area (Å²) in [6, 6.07) is 4.25. The van der Waals surface area contributed by atoms with Gasteiger partial charge in [-0.25, -0.2) is 4.39 Å². The quantitative estimate of drug-likeness (QED) is 0.803. The van der Waals surface area contributed by atoms with Gasteiger partial charge in [0.1, 0.15) is 11.4 Å². The van der Waals surface area contributed by atoms with Crippen LogP contribution < -0.4 is 5.73 Å². The maximum absolute atomic E-state index is 13.3. The predicted molar refractivity (Wildman–Crippen MR) is 80.0 cm³/mol. The zero-order valence-electron chi connectivity index (χ0n) is 11.9. The van der Waals surface area contributed by atoms with Crippen LogP contribution in [-0.2, 0) is 10.3 Å². The predicted octanol–water partition coefficient (Wildman–Crippen LogP) is 3.24. The molecule has 5 nitrogen and oxygen atoms in total. The Hall–Kier alpha value is -1.31. The highest BCUT2D eigenvalue weighted by molar-refractivity contribution is 9.10. The molecule has 21 heavy (non-hydrogen) atoms. The highest BCUT2D eigenvalue weighted by atomic mass is 79.9. The van der Waals surface area contributed by atoms with E-state index in [9.17, 15) is 4.39 Å². The van der Waals surface area contributed by atoms with E-state index < -0.39 is 5.54 Å². The van der Waals surface area contributed by atoms with Crippen molar-refractivity contribution in [3.05, 3.63) is 34.3 Å². The molecule has 0 bridgehead atoms. The maximum atomic E-state index is 13.3. The Balaban J connectivity index is 2.23. The van der Waals surface area contributed by atoms with Gasteiger partial charge in [-0.1, -0.05) is 12.1 Å². The minimum atomic E-state index is -0.864. The van der Waals surface area contributed by atoms with Crippen LogP contribution in [0.25, 0.3) is 11.5 Å². The van der Waals surface area contributed by atoms with Crippen LogP contribution in [0.1, 0.15) is 26.1 Å². The fraction of sp³-hybridized carbons (Fsp3) is 0.429. The molecule has 2 aromatic rings. The van der Waals surface area contributed by atoms with Crippen molar-refractivity contribution >= 4 is 15.9 Å². The number of ether oxygens (including phenoxy) is 1. The molecule has 114 valence electrons. The molecule has 7 heteroatoms. The van der Waals surface area contributed by atoms with Crippen molar-refractivity contribution in [2.45, 2.75) is 25.8 Å². The minimum Gasteiger partial charge on any atom is -0.379 e. The molecule has 1 aromatic carbocycles. The summed E-state index contributed by atoms with van der Waals surface area (Å²) >= 11 is 3.33. The first kappa shape index (κ1) is 16.1. The van der Waals surface area contributed by atoms with E-state index in [1.165, 1.54) is 12.1 Å². The fourth-order valence-electron chi connectivity index (χ4n) is 1.72. The molecule has 0 aliphatic heterocycles. The second-order valence-electron chi connectivity index (χ2n) is 5.02. The van der Waals surface area contributed by atoms with E-state index in [1.807, 2.05) is 6.92 Å². The first-order valence-electron chi connectivity index (χ1n) is 6.60. The van der Waals surface area contributed by atoms with Gasteiger partial charge < -0.3 is 15.0 Å². The molecule has 0 radical (unpaired) electrons. The van der Waals surface area contributed by atoms with Crippen LogP contribution in [-0.4, -0.2) is 23.4 Å². The molecule has 0 spiro atoms. The van der Waals surface area contributed by atoms with Crippen LogP contribution in [0.3, 0.4) is 0 Å². The molecule has 0 saturated heterocycles. The first-order chi connectivity index (χ1) is 9.94. The molecular formula is C14H17BrFN3O2. The second kappa shape index (κ2) is 6.64. The van der Waals surface area contributed by atoms with E-state index in [0.29, 0.717) is 22.5 Å². The van der Waals surface area contributed by atoms with Gasteiger partial charge in [0.25, 0.3) is 5.89 Å². The minimum absolute atomic E-state index is 0.212. The van der Waals surface area contributed by atoms with Crippen molar-refractivity contribution in [1.29, 1.82) is 0 Å². The second-order valence-corrected chi connectivity index (χ2v) is 5.87. The topological polar surface area (TPSA) is 74.2 Å². The number of benzene rings is 1. The van der Waals surface area contributed by atoms with Gasteiger partial charge in [-0.05, 0) is 47.5 Å². The lowest BCUT2D eigenvalue weighted by Gasteiger charge is -2.19. The van der Waals surface area contributed by atoms with E-state index in [1.54, 1.807) is 13.0 Å². The van der Waals surface area contributed by atoms with Gasteiger partial charge in [0.2, 0.25) is 0 Å². The van der Waals surface area contributed by atoms with Gasteiger partial charge in [0.05, 0.1) is 12.2 Å². The summed E-state index contributed by atoms with van der Waals surface area (Å²) in [5.74, 6) is 0.156. The third kappa shape index (κ3) is 3.87. The lowest BCUT2D eigenvalue weighted by Crippen LogP contribution is -2.39. The molecular weight excluding hydrogens is 341 g/mol. The van der Waals surface area contributed by atoms with Crippen molar-refractivity contribution in [3.63, 3.8) is 0 Å². The van der Waals surface area contributed by atoms with E-state index in [4.69, 9.17) is 15.0 Å². The van der Waals surface area contributed by atoms with Crippen LogP contribution in [0.2, 0.25) is 0 Å². The molecule has 0 aliphatic rings. The molecule has 2 N–H and O–H groups in total. The highest BCUT2D eigenvalue weighted by Crippen LogP contribution is 2.29. The zero-order chi connectivity index (χ0) is 15.5. The number of hydrogen-bond acceptors (Lipinski definition) is 5. The van der Waals surface area contributed by atoms with Crippen LogP contribution in [0, 0.1) is 5.82 Å². The Morgan fingerprint density at radius 2 is 2.24 bits per heavy atom. The van der Waals surface area contributed by atoms with Gasteiger partial charge in [-0.3, -0.25) is 0 Å². The molecule has 0 fully saturated rings. The monoisotopic (exact) mass is 357 g/mol. The van der Waals surface area contributed by atoms with Gasteiger partial charge in [0, 0.05) is 11.1 Å². The van der Waals surface area contributed by atoms with Crippen LogP contribution in [0.15, 0.2) is 27.2 Å². The molecule has 2 rings (SSSR count). The number of hydrogen-bond donors (Lipinski definition) is 1. The van der Waals surface area contributed by atoms with Crippen molar-refractivity contribution in [2.24, 2.45) is 5.73 Å². The SMILES string of the molecule is CCCOCC(C)(N)c1noc(-c2cc(F)ccc2Br)n1. The third-order valence-electron chi connectivity index (χ3n) is 2.85. The molecule has 0 amide bonds. The van der Waals surface area contributed by atoms with E-state index in [0.717, 1.165) is 6.42 Å². The lowest BCUT2D eigenvalue weighted by molar-refractivity contribution is 0.0867. The largest absolute Gasteiger partial charge is 0.379 e. The highest BCUT2D eigenvalue weighted by Gasteiger charge is 2.28. The Labute approximate surface area is 130 Å². The normalized spacial score (nSPS) is 14.1. The summed E-state index contributed by atoms with van der Waals surface area (Å²) in [6.45, 7) is 4.68. The maximum Gasteiger partial charge on any atom is 0.259 e. The van der Waals surface area contributed by atoms with Gasteiger partial charge in [0.15, 0.2) is 5.82 Å². The Morgan fingerprint density at radius 1 is 1.48 bits per heavy atom. The summed E-state index contributed by atoms with van der Waals surface area (Å²) in [6.07, 6.45) is 0.907. The first-order valence-corrected chi connectivity index (χ1v) is 7.39. The number of rotatable bonds is 6. The van der Waals surface area contributed by atoms with E-state index >= 15 is 0 Å². The summed E-state index contributed by atoms with van der Waals surface area (Å²) in [4.78, 5) is 4.25. The molecule has 1 heterocycles. The smallest absolute Gasteiger partial charge is 0.259 e. The van der Waals surface area contributed by atoms with Crippen molar-refractivity contribution in [2.75, 3.05) is 13.2 Å². The molecule has 1 atom stereocenters. The van der Waals surface area contributed by atoms with Gasteiger partial charge in [-0.2, -0.15) is 4.98 Å². The summed E-state index contributed by atoms with van der Waals surface area (Å²) < 4.78 is 24.6.